The third-order valence-corrected chi connectivity index (χ3v) is 2.49. The van der Waals surface area contributed by atoms with Gasteiger partial charge in [-0.2, -0.15) is 0 Å². The Labute approximate surface area is 93.1 Å². The maximum atomic E-state index is 5.90. The summed E-state index contributed by atoms with van der Waals surface area (Å²) in [6.45, 7) is 7.36. The minimum atomic E-state index is 0.133. The molecule has 0 aliphatic rings. The van der Waals surface area contributed by atoms with E-state index < -0.39 is 0 Å². The molecule has 0 aromatic carbocycles. The van der Waals surface area contributed by atoms with Gasteiger partial charge in [0.2, 0.25) is 0 Å². The fourth-order valence-electron chi connectivity index (χ4n) is 1.05. The van der Waals surface area contributed by atoms with Crippen LogP contribution in [0.3, 0.4) is 0 Å². The Kier molecular flexibility index (Phi) is 10.3. The molecule has 0 amide bonds. The SMILES string of the molecule is CCC(C)C(N)COCCOCCOC. The van der Waals surface area contributed by atoms with Crippen LogP contribution in [0.25, 0.3) is 0 Å². The molecular formula is C11H25NO3. The van der Waals surface area contributed by atoms with Crippen LogP contribution >= 0.6 is 0 Å². The van der Waals surface area contributed by atoms with E-state index in [-0.39, 0.29) is 6.04 Å². The standard InChI is InChI=1S/C11H25NO3/c1-4-10(2)11(12)9-15-8-7-14-6-5-13-3/h10-11H,4-9,12H2,1-3H3. The minimum absolute atomic E-state index is 0.133. The van der Waals surface area contributed by atoms with Crippen molar-refractivity contribution in [3.05, 3.63) is 0 Å². The summed E-state index contributed by atoms with van der Waals surface area (Å²) in [5.74, 6) is 0.513. The summed E-state index contributed by atoms with van der Waals surface area (Å²) in [5.41, 5.74) is 5.90. The molecule has 0 aliphatic heterocycles. The van der Waals surface area contributed by atoms with Gasteiger partial charge in [-0.25, -0.2) is 0 Å². The van der Waals surface area contributed by atoms with E-state index in [1.807, 2.05) is 0 Å². The topological polar surface area (TPSA) is 53.7 Å². The lowest BCUT2D eigenvalue weighted by atomic mass is 10.0. The molecule has 0 saturated carbocycles. The third kappa shape index (κ3) is 8.81. The lowest BCUT2D eigenvalue weighted by Crippen LogP contribution is -2.33. The molecule has 2 atom stereocenters. The van der Waals surface area contributed by atoms with Gasteiger partial charge in [0, 0.05) is 13.2 Å². The number of hydrogen-bond donors (Lipinski definition) is 1. The van der Waals surface area contributed by atoms with Crippen LogP contribution in [0.15, 0.2) is 0 Å². The molecule has 4 heteroatoms. The zero-order valence-electron chi connectivity index (χ0n) is 10.2. The van der Waals surface area contributed by atoms with E-state index >= 15 is 0 Å². The molecule has 0 saturated heterocycles. The van der Waals surface area contributed by atoms with Crippen molar-refractivity contribution < 1.29 is 14.2 Å². The van der Waals surface area contributed by atoms with Gasteiger partial charge in [0.15, 0.2) is 0 Å². The van der Waals surface area contributed by atoms with Crippen molar-refractivity contribution in [2.45, 2.75) is 26.3 Å². The van der Waals surface area contributed by atoms with Crippen molar-refractivity contribution in [3.63, 3.8) is 0 Å². The molecule has 0 fully saturated rings. The zero-order valence-corrected chi connectivity index (χ0v) is 10.2. The summed E-state index contributed by atoms with van der Waals surface area (Å²) in [4.78, 5) is 0. The van der Waals surface area contributed by atoms with E-state index in [4.69, 9.17) is 19.9 Å². The number of ether oxygens (including phenoxy) is 3. The smallest absolute Gasteiger partial charge is 0.0701 e. The molecule has 2 unspecified atom stereocenters. The Hall–Kier alpha value is -0.160. The molecule has 0 spiro atoms. The molecule has 15 heavy (non-hydrogen) atoms. The van der Waals surface area contributed by atoms with Crippen LogP contribution in [0.2, 0.25) is 0 Å². The van der Waals surface area contributed by atoms with E-state index in [0.717, 1.165) is 6.42 Å². The number of nitrogens with two attached hydrogens (primary N) is 1. The Morgan fingerprint density at radius 1 is 1.07 bits per heavy atom. The molecule has 0 bridgehead atoms. The normalized spacial score (nSPS) is 15.2. The summed E-state index contributed by atoms with van der Waals surface area (Å²) >= 11 is 0. The first-order chi connectivity index (χ1) is 7.22. The predicted molar refractivity (Wildman–Crippen MR) is 60.9 cm³/mol. The Morgan fingerprint density at radius 2 is 1.67 bits per heavy atom. The van der Waals surface area contributed by atoms with E-state index in [0.29, 0.717) is 39.0 Å². The maximum absolute atomic E-state index is 5.90. The van der Waals surface area contributed by atoms with Gasteiger partial charge < -0.3 is 19.9 Å². The van der Waals surface area contributed by atoms with Gasteiger partial charge >= 0.3 is 0 Å². The molecule has 0 aromatic rings. The number of hydrogen-bond acceptors (Lipinski definition) is 4. The number of rotatable bonds is 10. The summed E-state index contributed by atoms with van der Waals surface area (Å²) in [6.07, 6.45) is 1.09. The van der Waals surface area contributed by atoms with Crippen LogP contribution < -0.4 is 5.73 Å². The average Bonchev–Trinajstić information content (AvgIpc) is 2.26. The fourth-order valence-corrected chi connectivity index (χ4v) is 1.05. The van der Waals surface area contributed by atoms with Crippen LogP contribution in [0.1, 0.15) is 20.3 Å². The molecular weight excluding hydrogens is 194 g/mol. The largest absolute Gasteiger partial charge is 0.382 e. The number of methoxy groups -OCH3 is 1. The van der Waals surface area contributed by atoms with Crippen LogP contribution in [-0.2, 0) is 14.2 Å². The Bertz CT molecular complexity index is 133. The molecule has 92 valence electrons. The first-order valence-electron chi connectivity index (χ1n) is 5.62. The monoisotopic (exact) mass is 219 g/mol. The average molecular weight is 219 g/mol. The van der Waals surface area contributed by atoms with E-state index in [9.17, 15) is 0 Å². The van der Waals surface area contributed by atoms with Gasteiger partial charge in [0.1, 0.15) is 0 Å². The minimum Gasteiger partial charge on any atom is -0.382 e. The van der Waals surface area contributed by atoms with Crippen molar-refractivity contribution in [2.75, 3.05) is 40.1 Å². The molecule has 0 radical (unpaired) electrons. The molecule has 2 N–H and O–H groups in total. The van der Waals surface area contributed by atoms with E-state index in [2.05, 4.69) is 13.8 Å². The lowest BCUT2D eigenvalue weighted by Gasteiger charge is -2.18. The molecule has 0 rings (SSSR count). The zero-order chi connectivity index (χ0) is 11.5. The van der Waals surface area contributed by atoms with Gasteiger partial charge in [-0.15, -0.1) is 0 Å². The van der Waals surface area contributed by atoms with Crippen LogP contribution in [0, 0.1) is 5.92 Å². The van der Waals surface area contributed by atoms with Gasteiger partial charge in [-0.1, -0.05) is 20.3 Å². The van der Waals surface area contributed by atoms with E-state index in [1.165, 1.54) is 0 Å². The van der Waals surface area contributed by atoms with Crippen molar-refractivity contribution in [3.8, 4) is 0 Å². The molecule has 0 aromatic heterocycles. The highest BCUT2D eigenvalue weighted by molar-refractivity contribution is 4.66. The van der Waals surface area contributed by atoms with Crippen LogP contribution in [0.5, 0.6) is 0 Å². The lowest BCUT2D eigenvalue weighted by molar-refractivity contribution is 0.0185. The highest BCUT2D eigenvalue weighted by atomic mass is 16.5. The molecule has 0 aliphatic carbocycles. The molecule has 0 heterocycles. The van der Waals surface area contributed by atoms with E-state index in [1.54, 1.807) is 7.11 Å². The Balaban J connectivity index is 3.16. The first kappa shape index (κ1) is 14.8. The van der Waals surface area contributed by atoms with Gasteiger partial charge in [-0.3, -0.25) is 0 Å². The van der Waals surface area contributed by atoms with Crippen molar-refractivity contribution in [1.82, 2.24) is 0 Å². The highest BCUT2D eigenvalue weighted by Gasteiger charge is 2.09. The molecule has 4 nitrogen and oxygen atoms in total. The van der Waals surface area contributed by atoms with Crippen molar-refractivity contribution >= 4 is 0 Å². The first-order valence-corrected chi connectivity index (χ1v) is 5.62. The summed E-state index contributed by atoms with van der Waals surface area (Å²) in [7, 11) is 1.66. The second-order valence-corrected chi connectivity index (χ2v) is 3.73. The van der Waals surface area contributed by atoms with Crippen LogP contribution in [-0.4, -0.2) is 46.2 Å². The van der Waals surface area contributed by atoms with Crippen LogP contribution in [0.4, 0.5) is 0 Å². The Morgan fingerprint density at radius 3 is 2.27 bits per heavy atom. The summed E-state index contributed by atoms with van der Waals surface area (Å²) in [6, 6.07) is 0.133. The second kappa shape index (κ2) is 10.4. The van der Waals surface area contributed by atoms with Gasteiger partial charge in [0.05, 0.1) is 33.0 Å². The van der Waals surface area contributed by atoms with Crippen molar-refractivity contribution in [2.24, 2.45) is 11.7 Å². The fraction of sp³-hybridized carbons (Fsp3) is 1.00. The maximum Gasteiger partial charge on any atom is 0.0701 e. The highest BCUT2D eigenvalue weighted by Crippen LogP contribution is 2.04. The summed E-state index contributed by atoms with van der Waals surface area (Å²) < 4.78 is 15.5. The predicted octanol–water partition coefficient (Wildman–Crippen LogP) is 1.04. The van der Waals surface area contributed by atoms with Gasteiger partial charge in [0.25, 0.3) is 0 Å². The third-order valence-electron chi connectivity index (χ3n) is 2.49. The van der Waals surface area contributed by atoms with Gasteiger partial charge in [-0.05, 0) is 5.92 Å². The second-order valence-electron chi connectivity index (χ2n) is 3.73. The van der Waals surface area contributed by atoms with Crippen molar-refractivity contribution in [1.29, 1.82) is 0 Å². The summed E-state index contributed by atoms with van der Waals surface area (Å²) in [5, 5.41) is 0. The quantitative estimate of drug-likeness (QED) is 0.558.